The minimum absolute atomic E-state index is 0.0206. The molecule has 1 aromatic heterocycles. The zero-order valence-electron chi connectivity index (χ0n) is 33.5. The average molecular weight is 887 g/mol. The van der Waals surface area contributed by atoms with Crippen molar-refractivity contribution in [3.8, 4) is 11.1 Å². The topological polar surface area (TPSA) is 93.7 Å². The van der Waals surface area contributed by atoms with E-state index in [4.69, 9.17) is 11.6 Å². The molecule has 15 heteroatoms. The van der Waals surface area contributed by atoms with Crippen LogP contribution in [0.3, 0.4) is 0 Å². The number of nitrogens with zero attached hydrogens (tertiary/aromatic N) is 5. The molecular weight excluding hydrogens is 839 g/mol. The van der Waals surface area contributed by atoms with E-state index in [2.05, 4.69) is 52.9 Å². The molecule has 5 aromatic carbocycles. The fraction of sp³-hybridized carbons (Fsp3) is 0.304. The Balaban J connectivity index is 0.952. The normalized spacial score (nSPS) is 15.9. The Bertz CT molecular complexity index is 2540. The van der Waals surface area contributed by atoms with Crippen LogP contribution < -0.4 is 14.9 Å². The zero-order chi connectivity index (χ0) is 42.4. The predicted molar refractivity (Wildman–Crippen MR) is 241 cm³/mol. The minimum atomic E-state index is -4.82. The van der Waals surface area contributed by atoms with Gasteiger partial charge in [0.25, 0.3) is 10.0 Å². The van der Waals surface area contributed by atoms with E-state index in [9.17, 15) is 21.6 Å². The summed E-state index contributed by atoms with van der Waals surface area (Å²) < 4.78 is 74.1. The third kappa shape index (κ3) is 10.8. The largest absolute Gasteiger partial charge is 0.418 e. The number of rotatable bonds is 15. The number of piperazine rings is 1. The van der Waals surface area contributed by atoms with Crippen LogP contribution >= 0.6 is 23.4 Å². The van der Waals surface area contributed by atoms with Crippen molar-refractivity contribution in [2.75, 3.05) is 66.5 Å². The van der Waals surface area contributed by atoms with Gasteiger partial charge in [-0.1, -0.05) is 66.2 Å². The fourth-order valence-electron chi connectivity index (χ4n) is 8.03. The lowest BCUT2D eigenvalue weighted by Crippen LogP contribution is -2.46. The molecular formula is C46H47ClF3N7O2S2. The third-order valence-corrected chi connectivity index (χ3v) is 14.0. The smallest absolute Gasteiger partial charge is 0.381 e. The van der Waals surface area contributed by atoms with Crippen LogP contribution in [0, 0.1) is 0 Å². The number of nitrogens with one attached hydrogen (secondary N) is 2. The number of alkyl halides is 3. The Morgan fingerprint density at radius 2 is 1.52 bits per heavy atom. The van der Waals surface area contributed by atoms with Crippen LogP contribution in [0.4, 0.5) is 30.4 Å². The van der Waals surface area contributed by atoms with Crippen LogP contribution in [0.15, 0.2) is 131 Å². The molecule has 0 amide bonds. The number of sulfonamides is 1. The van der Waals surface area contributed by atoms with Gasteiger partial charge in [0.05, 0.1) is 16.0 Å². The van der Waals surface area contributed by atoms with Crippen molar-refractivity contribution in [1.29, 1.82) is 0 Å². The molecule has 2 aliphatic heterocycles. The highest BCUT2D eigenvalue weighted by atomic mass is 35.5. The highest BCUT2D eigenvalue weighted by molar-refractivity contribution is 7.99. The quantitative estimate of drug-likeness (QED) is 0.0978. The molecule has 318 valence electrons. The van der Waals surface area contributed by atoms with Crippen LogP contribution in [0.1, 0.15) is 30.4 Å². The summed E-state index contributed by atoms with van der Waals surface area (Å²) in [5, 5.41) is 4.27. The lowest BCUT2D eigenvalue weighted by atomic mass is 9.99. The van der Waals surface area contributed by atoms with Crippen LogP contribution in [0.2, 0.25) is 5.02 Å². The Hall–Kier alpha value is -4.86. The zero-order valence-corrected chi connectivity index (χ0v) is 35.9. The molecule has 0 saturated carbocycles. The SMILES string of the molecule is O=S(=O)(Nc1ncnc2cc(N3CCN(Cc4cc(Cl)ccc4-c4ccccc4)CC3)ccc12)c1ccc(N[C@H](CCN2CCCC2)CSc2ccccc2)c(C(F)(F)F)c1. The third-order valence-electron chi connectivity index (χ3n) is 11.3. The molecule has 2 fully saturated rings. The second-order valence-electron chi connectivity index (χ2n) is 15.5. The van der Waals surface area contributed by atoms with Crippen molar-refractivity contribution in [2.24, 2.45) is 0 Å². The monoisotopic (exact) mass is 885 g/mol. The van der Waals surface area contributed by atoms with E-state index in [-0.39, 0.29) is 17.5 Å². The van der Waals surface area contributed by atoms with Crippen molar-refractivity contribution >= 4 is 61.5 Å². The summed E-state index contributed by atoms with van der Waals surface area (Å²) in [4.78, 5) is 16.1. The first kappa shape index (κ1) is 42.8. The van der Waals surface area contributed by atoms with E-state index in [1.54, 1.807) is 17.8 Å². The fourth-order valence-corrected chi connectivity index (χ4v) is 10.3. The first-order valence-corrected chi connectivity index (χ1v) is 23.3. The highest BCUT2D eigenvalue weighted by Crippen LogP contribution is 2.38. The molecule has 0 bridgehead atoms. The standard InChI is InChI=1S/C46H47ClF3N7O2S2/c47-35-13-16-40(33-9-3-1-4-10-33)34(27-35)30-56-23-25-57(26-24-56)37-14-17-41-44(28-37)51-32-52-45(41)54-61(58,59)39-15-18-43(42(29-39)46(48,49)50)53-36(19-22-55-20-7-8-21-55)31-60-38-11-5-2-6-12-38/h1-6,9-18,27-29,32,36,53H,7-8,19-26,30-31H2,(H,51,52,54)/t36-/m1/s1. The summed E-state index contributed by atoms with van der Waals surface area (Å²) in [5.74, 6) is 0.517. The van der Waals surface area contributed by atoms with Crippen LogP contribution in [-0.4, -0.2) is 85.8 Å². The van der Waals surface area contributed by atoms with Crippen molar-refractivity contribution in [1.82, 2.24) is 19.8 Å². The number of likely N-dealkylation sites (tertiary alicyclic amines) is 1. The molecule has 0 spiro atoms. The molecule has 2 saturated heterocycles. The molecule has 0 radical (unpaired) electrons. The maximum absolute atomic E-state index is 14.7. The number of hydrogen-bond acceptors (Lipinski definition) is 9. The van der Waals surface area contributed by atoms with Gasteiger partial charge in [0, 0.05) is 77.7 Å². The molecule has 0 unspecified atom stereocenters. The maximum Gasteiger partial charge on any atom is 0.418 e. The van der Waals surface area contributed by atoms with Gasteiger partial charge in [-0.25, -0.2) is 18.4 Å². The second-order valence-corrected chi connectivity index (χ2v) is 18.7. The van der Waals surface area contributed by atoms with Gasteiger partial charge < -0.3 is 15.1 Å². The first-order valence-electron chi connectivity index (χ1n) is 20.5. The van der Waals surface area contributed by atoms with E-state index in [0.717, 1.165) is 92.5 Å². The second kappa shape index (κ2) is 19.0. The molecule has 2 N–H and O–H groups in total. The minimum Gasteiger partial charge on any atom is -0.381 e. The van der Waals surface area contributed by atoms with E-state index in [0.29, 0.717) is 34.2 Å². The van der Waals surface area contributed by atoms with Crippen molar-refractivity contribution in [3.05, 3.63) is 138 Å². The van der Waals surface area contributed by atoms with E-state index >= 15 is 0 Å². The van der Waals surface area contributed by atoms with Gasteiger partial charge in [-0.15, -0.1) is 11.8 Å². The van der Waals surface area contributed by atoms with Crippen LogP contribution in [-0.2, 0) is 22.7 Å². The Labute approximate surface area is 364 Å². The number of fused-ring (bicyclic) bond motifs is 1. The Morgan fingerprint density at radius 3 is 2.26 bits per heavy atom. The molecule has 0 aliphatic carbocycles. The summed E-state index contributed by atoms with van der Waals surface area (Å²) in [7, 11) is -4.49. The molecule has 6 aromatic rings. The molecule has 2 aliphatic rings. The van der Waals surface area contributed by atoms with Gasteiger partial charge in [-0.2, -0.15) is 13.2 Å². The van der Waals surface area contributed by atoms with E-state index in [1.165, 1.54) is 18.5 Å². The van der Waals surface area contributed by atoms with Gasteiger partial charge in [-0.05, 0) is 110 Å². The number of thioether (sulfide) groups is 1. The number of anilines is 3. The Kier molecular flexibility index (Phi) is 13.4. The summed E-state index contributed by atoms with van der Waals surface area (Å²) in [6, 6.07) is 34.4. The molecule has 3 heterocycles. The maximum atomic E-state index is 14.7. The van der Waals surface area contributed by atoms with Gasteiger partial charge in [0.15, 0.2) is 5.82 Å². The van der Waals surface area contributed by atoms with Crippen molar-refractivity contribution < 1.29 is 21.6 Å². The summed E-state index contributed by atoms with van der Waals surface area (Å²) in [6.07, 6.45) is -0.694. The number of aromatic nitrogens is 2. The summed E-state index contributed by atoms with van der Waals surface area (Å²) >= 11 is 8.00. The molecule has 1 atom stereocenters. The summed E-state index contributed by atoms with van der Waals surface area (Å²) in [6.45, 7) is 6.62. The lowest BCUT2D eigenvalue weighted by Gasteiger charge is -2.36. The van der Waals surface area contributed by atoms with Crippen LogP contribution in [0.5, 0.6) is 0 Å². The predicted octanol–water partition coefficient (Wildman–Crippen LogP) is 10.2. The average Bonchev–Trinajstić information content (AvgIpc) is 3.79. The van der Waals surface area contributed by atoms with Gasteiger partial charge >= 0.3 is 6.18 Å². The highest BCUT2D eigenvalue weighted by Gasteiger charge is 2.36. The number of halogens is 4. The molecule has 8 rings (SSSR count). The van der Waals surface area contributed by atoms with Gasteiger partial charge in [0.2, 0.25) is 0 Å². The van der Waals surface area contributed by atoms with Crippen LogP contribution in [0.25, 0.3) is 22.0 Å². The summed E-state index contributed by atoms with van der Waals surface area (Å²) in [5.41, 5.74) is 3.68. The van der Waals surface area contributed by atoms with E-state index in [1.807, 2.05) is 72.8 Å². The van der Waals surface area contributed by atoms with Gasteiger partial charge in [0.1, 0.15) is 6.33 Å². The number of hydrogen-bond donors (Lipinski definition) is 2. The molecule has 61 heavy (non-hydrogen) atoms. The molecule has 9 nitrogen and oxygen atoms in total. The first-order chi connectivity index (χ1) is 29.5. The van der Waals surface area contributed by atoms with Gasteiger partial charge in [-0.3, -0.25) is 9.62 Å². The lowest BCUT2D eigenvalue weighted by molar-refractivity contribution is -0.137. The Morgan fingerprint density at radius 1 is 0.787 bits per heavy atom. The van der Waals surface area contributed by atoms with Crippen molar-refractivity contribution in [3.63, 3.8) is 0 Å². The van der Waals surface area contributed by atoms with E-state index < -0.39 is 26.7 Å². The van der Waals surface area contributed by atoms with Crippen molar-refractivity contribution in [2.45, 2.75) is 47.8 Å². The number of benzene rings is 5.